The van der Waals surface area contributed by atoms with Crippen molar-refractivity contribution in [2.75, 3.05) is 4.90 Å². The fourth-order valence-electron chi connectivity index (χ4n) is 7.30. The van der Waals surface area contributed by atoms with Crippen LogP contribution in [0.1, 0.15) is 0 Å². The number of fused-ring (bicyclic) bond motifs is 8. The Kier molecular flexibility index (Phi) is 6.61. The third-order valence-corrected chi connectivity index (χ3v) is 12.1. The molecule has 3 heteroatoms. The SMILES string of the molecule is c1ccc(-c2cccc(N(c3ccc(-c4cccc5c4sc4c6ccccc6ccc54)cc3)c3ccc4c(c3)sc3ccccc34)c2)cc1. The molecule has 49 heavy (non-hydrogen) atoms. The van der Waals surface area contributed by atoms with E-state index in [4.69, 9.17) is 0 Å². The second-order valence-electron chi connectivity index (χ2n) is 12.5. The number of anilines is 3. The number of hydrogen-bond acceptors (Lipinski definition) is 3. The van der Waals surface area contributed by atoms with Crippen LogP contribution in [-0.4, -0.2) is 0 Å². The fourth-order valence-corrected chi connectivity index (χ4v) is 9.81. The predicted octanol–water partition coefficient (Wildman–Crippen LogP) is 14.4. The Labute approximate surface area is 292 Å². The summed E-state index contributed by atoms with van der Waals surface area (Å²) in [4.78, 5) is 2.40. The molecule has 0 aliphatic heterocycles. The lowest BCUT2D eigenvalue weighted by Gasteiger charge is -2.26. The summed E-state index contributed by atoms with van der Waals surface area (Å²) in [5, 5.41) is 7.90. The zero-order valence-corrected chi connectivity index (χ0v) is 28.1. The Morgan fingerprint density at radius 1 is 0.327 bits per heavy atom. The summed E-state index contributed by atoms with van der Waals surface area (Å²) in [6, 6.07) is 64.3. The Hall–Kier alpha value is -5.74. The normalized spacial score (nSPS) is 11.7. The Balaban J connectivity index is 1.11. The highest BCUT2D eigenvalue weighted by Gasteiger charge is 2.17. The molecular weight excluding hydrogens is 631 g/mol. The first kappa shape index (κ1) is 28.3. The van der Waals surface area contributed by atoms with E-state index in [2.05, 4.69) is 181 Å². The van der Waals surface area contributed by atoms with E-state index in [1.807, 2.05) is 22.7 Å². The Bertz CT molecular complexity index is 2830. The first-order chi connectivity index (χ1) is 24.3. The summed E-state index contributed by atoms with van der Waals surface area (Å²) in [6.45, 7) is 0. The molecule has 10 aromatic rings. The van der Waals surface area contributed by atoms with Crippen LogP contribution in [0.3, 0.4) is 0 Å². The van der Waals surface area contributed by atoms with Crippen LogP contribution in [0.25, 0.3) is 73.4 Å². The van der Waals surface area contributed by atoms with Crippen molar-refractivity contribution >= 4 is 90.9 Å². The molecule has 0 saturated heterocycles. The van der Waals surface area contributed by atoms with Crippen molar-refractivity contribution < 1.29 is 0 Å². The van der Waals surface area contributed by atoms with E-state index < -0.39 is 0 Å². The van der Waals surface area contributed by atoms with E-state index in [-0.39, 0.29) is 0 Å². The summed E-state index contributed by atoms with van der Waals surface area (Å²) in [5.74, 6) is 0. The maximum atomic E-state index is 2.40. The smallest absolute Gasteiger partial charge is 0.0476 e. The van der Waals surface area contributed by atoms with Crippen molar-refractivity contribution in [2.45, 2.75) is 0 Å². The predicted molar refractivity (Wildman–Crippen MR) is 215 cm³/mol. The topological polar surface area (TPSA) is 3.24 Å². The molecule has 0 N–H and O–H groups in total. The van der Waals surface area contributed by atoms with Gasteiger partial charge in [-0.2, -0.15) is 0 Å². The van der Waals surface area contributed by atoms with Gasteiger partial charge in [0.2, 0.25) is 0 Å². The van der Waals surface area contributed by atoms with Gasteiger partial charge in [-0.05, 0) is 75.5 Å². The zero-order valence-electron chi connectivity index (χ0n) is 26.5. The van der Waals surface area contributed by atoms with E-state index >= 15 is 0 Å². The van der Waals surface area contributed by atoms with E-state index in [9.17, 15) is 0 Å². The van der Waals surface area contributed by atoms with Crippen LogP contribution in [0, 0.1) is 0 Å². The standard InChI is InChI=1S/C46H29NS2/c1-2-10-30(11-3-1)33-13-8-14-35(28-33)47(36-25-27-40-39-16-6-7-19-43(39)48-44(40)29-36)34-23-20-32(21-24-34)38-17-9-18-41-42-26-22-31-12-4-5-15-37(31)46(42)49-45(38)41/h1-29H. The third-order valence-electron chi connectivity index (χ3n) is 9.66. The molecule has 230 valence electrons. The quantitative estimate of drug-likeness (QED) is 0.178. The monoisotopic (exact) mass is 659 g/mol. The number of rotatable bonds is 5. The second kappa shape index (κ2) is 11.5. The summed E-state index contributed by atoms with van der Waals surface area (Å²) in [5.41, 5.74) is 8.32. The highest BCUT2D eigenvalue weighted by atomic mass is 32.1. The molecule has 8 aromatic carbocycles. The zero-order chi connectivity index (χ0) is 32.3. The van der Waals surface area contributed by atoms with Crippen molar-refractivity contribution in [1.29, 1.82) is 0 Å². The lowest BCUT2D eigenvalue weighted by molar-refractivity contribution is 1.29. The maximum absolute atomic E-state index is 2.40. The van der Waals surface area contributed by atoms with E-state index in [0.717, 1.165) is 17.1 Å². The van der Waals surface area contributed by atoms with Crippen LogP contribution >= 0.6 is 22.7 Å². The van der Waals surface area contributed by atoms with Crippen molar-refractivity contribution in [3.05, 3.63) is 176 Å². The van der Waals surface area contributed by atoms with Gasteiger partial charge in [-0.15, -0.1) is 22.7 Å². The average Bonchev–Trinajstić information content (AvgIpc) is 3.74. The van der Waals surface area contributed by atoms with Crippen molar-refractivity contribution in [2.24, 2.45) is 0 Å². The van der Waals surface area contributed by atoms with Crippen LogP contribution in [0.5, 0.6) is 0 Å². The molecule has 0 amide bonds. The minimum absolute atomic E-state index is 1.13. The van der Waals surface area contributed by atoms with Gasteiger partial charge in [0, 0.05) is 57.4 Å². The molecule has 0 saturated carbocycles. The molecule has 0 unspecified atom stereocenters. The van der Waals surface area contributed by atoms with Gasteiger partial charge in [0.15, 0.2) is 0 Å². The molecule has 0 radical (unpaired) electrons. The van der Waals surface area contributed by atoms with Gasteiger partial charge in [-0.1, -0.05) is 133 Å². The average molecular weight is 660 g/mol. The molecule has 2 heterocycles. The van der Waals surface area contributed by atoms with Gasteiger partial charge in [0.1, 0.15) is 0 Å². The van der Waals surface area contributed by atoms with Gasteiger partial charge in [-0.25, -0.2) is 0 Å². The van der Waals surface area contributed by atoms with Crippen molar-refractivity contribution in [1.82, 2.24) is 0 Å². The molecule has 10 rings (SSSR count). The van der Waals surface area contributed by atoms with Gasteiger partial charge >= 0.3 is 0 Å². The molecular formula is C46H29NS2. The molecule has 0 aliphatic rings. The Morgan fingerprint density at radius 2 is 0.980 bits per heavy atom. The van der Waals surface area contributed by atoms with Crippen LogP contribution in [0.15, 0.2) is 176 Å². The summed E-state index contributed by atoms with van der Waals surface area (Å²) >= 11 is 3.77. The van der Waals surface area contributed by atoms with Crippen LogP contribution in [0.2, 0.25) is 0 Å². The second-order valence-corrected chi connectivity index (χ2v) is 14.6. The molecule has 2 aromatic heterocycles. The van der Waals surface area contributed by atoms with Gasteiger partial charge in [-0.3, -0.25) is 0 Å². The molecule has 0 aliphatic carbocycles. The highest BCUT2D eigenvalue weighted by Crippen LogP contribution is 2.45. The van der Waals surface area contributed by atoms with Crippen LogP contribution in [-0.2, 0) is 0 Å². The highest BCUT2D eigenvalue weighted by molar-refractivity contribution is 7.27. The Morgan fingerprint density at radius 3 is 1.88 bits per heavy atom. The largest absolute Gasteiger partial charge is 0.310 e. The number of hydrogen-bond donors (Lipinski definition) is 0. The molecule has 0 spiro atoms. The van der Waals surface area contributed by atoms with E-state index in [1.54, 1.807) is 0 Å². The lowest BCUT2D eigenvalue weighted by atomic mass is 10.0. The number of nitrogens with zero attached hydrogens (tertiary/aromatic N) is 1. The van der Waals surface area contributed by atoms with Crippen LogP contribution in [0.4, 0.5) is 17.1 Å². The summed E-state index contributed by atoms with van der Waals surface area (Å²) < 4.78 is 5.31. The lowest BCUT2D eigenvalue weighted by Crippen LogP contribution is -2.09. The van der Waals surface area contributed by atoms with Crippen LogP contribution < -0.4 is 4.90 Å². The van der Waals surface area contributed by atoms with Gasteiger partial charge in [0.25, 0.3) is 0 Å². The first-order valence-electron chi connectivity index (χ1n) is 16.6. The summed E-state index contributed by atoms with van der Waals surface area (Å²) in [6.07, 6.45) is 0. The van der Waals surface area contributed by atoms with E-state index in [1.165, 1.54) is 73.4 Å². The van der Waals surface area contributed by atoms with E-state index in [0.29, 0.717) is 0 Å². The fraction of sp³-hybridized carbons (Fsp3) is 0. The number of thiophene rings is 2. The minimum atomic E-state index is 1.13. The molecule has 0 fully saturated rings. The molecule has 1 nitrogen and oxygen atoms in total. The van der Waals surface area contributed by atoms with Crippen molar-refractivity contribution in [3.8, 4) is 22.3 Å². The maximum Gasteiger partial charge on any atom is 0.0476 e. The van der Waals surface area contributed by atoms with Crippen molar-refractivity contribution in [3.63, 3.8) is 0 Å². The number of benzene rings is 8. The van der Waals surface area contributed by atoms with Gasteiger partial charge in [0.05, 0.1) is 0 Å². The minimum Gasteiger partial charge on any atom is -0.310 e. The first-order valence-corrected chi connectivity index (χ1v) is 18.2. The molecule has 0 atom stereocenters. The third kappa shape index (κ3) is 4.74. The summed E-state index contributed by atoms with van der Waals surface area (Å²) in [7, 11) is 0. The van der Waals surface area contributed by atoms with Gasteiger partial charge < -0.3 is 4.90 Å². The molecule has 0 bridgehead atoms.